The van der Waals surface area contributed by atoms with Crippen molar-refractivity contribution in [1.82, 2.24) is 9.80 Å². The van der Waals surface area contributed by atoms with Crippen molar-refractivity contribution in [2.24, 2.45) is 5.41 Å². The van der Waals surface area contributed by atoms with Gasteiger partial charge in [0.1, 0.15) is 0 Å². The normalized spacial score (nSPS) is 27.0. The molecule has 3 nitrogen and oxygen atoms in total. The van der Waals surface area contributed by atoms with Crippen LogP contribution < -0.4 is 0 Å². The second-order valence-electron chi connectivity index (χ2n) is 7.09. The van der Waals surface area contributed by atoms with Crippen LogP contribution in [0.2, 0.25) is 0 Å². The topological polar surface area (TPSA) is 23.6 Å². The number of benzene rings is 1. The lowest BCUT2D eigenvalue weighted by Crippen LogP contribution is -2.68. The number of carbonyl (C=O) groups is 1. The lowest BCUT2D eigenvalue weighted by atomic mass is 9.71. The predicted octanol–water partition coefficient (Wildman–Crippen LogP) is 2.95. The summed E-state index contributed by atoms with van der Waals surface area (Å²) in [5.41, 5.74) is 1.33. The summed E-state index contributed by atoms with van der Waals surface area (Å²) in [6, 6.07) is 11.1. The molecule has 0 saturated carbocycles. The minimum Gasteiger partial charge on any atom is -0.338 e. The van der Waals surface area contributed by atoms with Crippen molar-refractivity contribution in [2.75, 3.05) is 26.2 Å². The van der Waals surface area contributed by atoms with Crippen molar-refractivity contribution in [2.45, 2.75) is 45.6 Å². The number of rotatable bonds is 5. The van der Waals surface area contributed by atoms with E-state index in [0.717, 1.165) is 51.9 Å². The Morgan fingerprint density at radius 3 is 2.68 bits per heavy atom. The molecule has 0 aromatic heterocycles. The molecular formula is C19H28N2O. The van der Waals surface area contributed by atoms with Gasteiger partial charge in [0.15, 0.2) is 0 Å². The Kier molecular flexibility index (Phi) is 4.53. The standard InChI is InChI=1S/C19H28N2O/c1-3-16(2)21-15-19(18(21)22)11-7-12-20(14-19)13-10-17-8-5-4-6-9-17/h4-6,8-9,16H,3,7,10-15H2,1-2H3. The highest BCUT2D eigenvalue weighted by Gasteiger charge is 2.54. The molecule has 2 aliphatic heterocycles. The summed E-state index contributed by atoms with van der Waals surface area (Å²) in [5.74, 6) is 0.409. The first-order valence-electron chi connectivity index (χ1n) is 8.72. The molecule has 0 N–H and O–H groups in total. The van der Waals surface area contributed by atoms with Crippen LogP contribution in [-0.2, 0) is 11.2 Å². The Bertz CT molecular complexity index is 515. The molecule has 22 heavy (non-hydrogen) atoms. The van der Waals surface area contributed by atoms with Crippen molar-refractivity contribution in [3.63, 3.8) is 0 Å². The second kappa shape index (κ2) is 6.41. The maximum absolute atomic E-state index is 12.7. The van der Waals surface area contributed by atoms with Gasteiger partial charge < -0.3 is 9.80 Å². The lowest BCUT2D eigenvalue weighted by Gasteiger charge is -2.55. The van der Waals surface area contributed by atoms with Gasteiger partial charge >= 0.3 is 0 Å². The van der Waals surface area contributed by atoms with E-state index in [1.54, 1.807) is 0 Å². The average molecular weight is 300 g/mol. The largest absolute Gasteiger partial charge is 0.338 e. The molecule has 120 valence electrons. The van der Waals surface area contributed by atoms with Crippen molar-refractivity contribution in [1.29, 1.82) is 0 Å². The molecule has 2 unspecified atom stereocenters. The van der Waals surface area contributed by atoms with Crippen LogP contribution in [0.15, 0.2) is 30.3 Å². The van der Waals surface area contributed by atoms with Crippen molar-refractivity contribution >= 4 is 5.91 Å². The number of hydrogen-bond donors (Lipinski definition) is 0. The van der Waals surface area contributed by atoms with Gasteiger partial charge in [0, 0.05) is 25.7 Å². The van der Waals surface area contributed by atoms with Gasteiger partial charge in [0.25, 0.3) is 0 Å². The molecule has 1 aromatic rings. The van der Waals surface area contributed by atoms with Gasteiger partial charge in [-0.05, 0) is 44.7 Å². The molecule has 3 rings (SSSR count). The highest BCUT2D eigenvalue weighted by atomic mass is 16.2. The van der Waals surface area contributed by atoms with Crippen LogP contribution in [-0.4, -0.2) is 47.9 Å². The van der Waals surface area contributed by atoms with Gasteiger partial charge in [-0.1, -0.05) is 37.3 Å². The van der Waals surface area contributed by atoms with E-state index < -0.39 is 0 Å². The molecule has 2 saturated heterocycles. The molecule has 0 bridgehead atoms. The smallest absolute Gasteiger partial charge is 0.232 e. The van der Waals surface area contributed by atoms with E-state index >= 15 is 0 Å². The summed E-state index contributed by atoms with van der Waals surface area (Å²) in [4.78, 5) is 17.2. The Hall–Kier alpha value is -1.35. The second-order valence-corrected chi connectivity index (χ2v) is 7.09. The van der Waals surface area contributed by atoms with Crippen LogP contribution in [0.5, 0.6) is 0 Å². The van der Waals surface area contributed by atoms with Gasteiger partial charge in [-0.25, -0.2) is 0 Å². The summed E-state index contributed by atoms with van der Waals surface area (Å²) in [5, 5.41) is 0. The Labute approximate surface area is 134 Å². The SMILES string of the molecule is CCC(C)N1CC2(CCCN(CCc3ccccc3)C2)C1=O. The third kappa shape index (κ3) is 2.91. The number of carbonyl (C=O) groups excluding carboxylic acids is 1. The molecule has 2 fully saturated rings. The third-order valence-electron chi connectivity index (χ3n) is 5.53. The zero-order chi connectivity index (χ0) is 15.6. The Balaban J connectivity index is 1.55. The van der Waals surface area contributed by atoms with Crippen LogP contribution in [0.1, 0.15) is 38.7 Å². The first kappa shape index (κ1) is 15.5. The van der Waals surface area contributed by atoms with E-state index in [1.165, 1.54) is 5.56 Å². The fraction of sp³-hybridized carbons (Fsp3) is 0.632. The average Bonchev–Trinajstić information content (AvgIpc) is 2.58. The number of piperidine rings is 1. The van der Waals surface area contributed by atoms with Crippen LogP contribution in [0, 0.1) is 5.41 Å². The molecule has 1 aromatic carbocycles. The van der Waals surface area contributed by atoms with Gasteiger partial charge in [0.05, 0.1) is 5.41 Å². The highest BCUT2D eigenvalue weighted by Crippen LogP contribution is 2.41. The van der Waals surface area contributed by atoms with Gasteiger partial charge in [-0.2, -0.15) is 0 Å². The summed E-state index contributed by atoms with van der Waals surface area (Å²) in [6.07, 6.45) is 4.38. The molecule has 2 aliphatic rings. The summed E-state index contributed by atoms with van der Waals surface area (Å²) in [7, 11) is 0. The first-order chi connectivity index (χ1) is 10.6. The minimum atomic E-state index is -0.0572. The van der Waals surface area contributed by atoms with E-state index in [4.69, 9.17) is 0 Å². The molecule has 2 atom stereocenters. The number of β-lactam (4-membered cyclic amide) rings is 1. The molecule has 3 heteroatoms. The fourth-order valence-electron chi connectivity index (χ4n) is 3.91. The van der Waals surface area contributed by atoms with Crippen LogP contribution in [0.4, 0.5) is 0 Å². The van der Waals surface area contributed by atoms with Crippen LogP contribution in [0.25, 0.3) is 0 Å². The molecule has 0 radical (unpaired) electrons. The zero-order valence-corrected chi connectivity index (χ0v) is 13.9. The predicted molar refractivity (Wildman–Crippen MR) is 89.7 cm³/mol. The molecule has 1 amide bonds. The highest BCUT2D eigenvalue weighted by molar-refractivity contribution is 5.89. The molecular weight excluding hydrogens is 272 g/mol. The van der Waals surface area contributed by atoms with E-state index in [9.17, 15) is 4.79 Å². The number of likely N-dealkylation sites (tertiary alicyclic amines) is 2. The van der Waals surface area contributed by atoms with Gasteiger partial charge in [-0.15, -0.1) is 0 Å². The number of amides is 1. The van der Waals surface area contributed by atoms with Crippen LogP contribution in [0.3, 0.4) is 0 Å². The van der Waals surface area contributed by atoms with Gasteiger partial charge in [-0.3, -0.25) is 4.79 Å². The third-order valence-corrected chi connectivity index (χ3v) is 5.53. The maximum atomic E-state index is 12.7. The van der Waals surface area contributed by atoms with Crippen molar-refractivity contribution in [3.05, 3.63) is 35.9 Å². The minimum absolute atomic E-state index is 0.0572. The lowest BCUT2D eigenvalue weighted by molar-refractivity contribution is -0.170. The Morgan fingerprint density at radius 2 is 2.00 bits per heavy atom. The van der Waals surface area contributed by atoms with E-state index in [1.807, 2.05) is 0 Å². The quantitative estimate of drug-likeness (QED) is 0.781. The first-order valence-corrected chi connectivity index (χ1v) is 8.72. The number of hydrogen-bond acceptors (Lipinski definition) is 2. The molecule has 1 spiro atoms. The summed E-state index contributed by atoms with van der Waals surface area (Å²) in [6.45, 7) is 8.48. The molecule has 2 heterocycles. The summed E-state index contributed by atoms with van der Waals surface area (Å²) < 4.78 is 0. The Morgan fingerprint density at radius 1 is 1.23 bits per heavy atom. The van der Waals surface area contributed by atoms with Crippen molar-refractivity contribution < 1.29 is 4.79 Å². The summed E-state index contributed by atoms with van der Waals surface area (Å²) >= 11 is 0. The van der Waals surface area contributed by atoms with E-state index in [0.29, 0.717) is 11.9 Å². The van der Waals surface area contributed by atoms with Crippen molar-refractivity contribution in [3.8, 4) is 0 Å². The molecule has 0 aliphatic carbocycles. The number of nitrogens with zero attached hydrogens (tertiary/aromatic N) is 2. The van der Waals surface area contributed by atoms with Gasteiger partial charge in [0.2, 0.25) is 5.91 Å². The fourth-order valence-corrected chi connectivity index (χ4v) is 3.91. The van der Waals surface area contributed by atoms with E-state index in [2.05, 4.69) is 54.0 Å². The van der Waals surface area contributed by atoms with E-state index in [-0.39, 0.29) is 5.41 Å². The monoisotopic (exact) mass is 300 g/mol. The van der Waals surface area contributed by atoms with Crippen LogP contribution >= 0.6 is 0 Å². The maximum Gasteiger partial charge on any atom is 0.232 e. The zero-order valence-electron chi connectivity index (χ0n) is 13.9.